The first-order valence-corrected chi connectivity index (χ1v) is 13.6. The second-order valence-electron chi connectivity index (χ2n) is 9.99. The van der Waals surface area contributed by atoms with Crippen molar-refractivity contribution in [2.24, 2.45) is 0 Å². The highest BCUT2D eigenvalue weighted by Gasteiger charge is 2.14. The predicted molar refractivity (Wildman–Crippen MR) is 173 cm³/mol. The van der Waals surface area contributed by atoms with Crippen LogP contribution in [0.5, 0.6) is 0 Å². The highest BCUT2D eigenvalue weighted by molar-refractivity contribution is 5.88. The molecule has 0 aromatic heterocycles. The Morgan fingerprint density at radius 1 is 0.500 bits per heavy atom. The average Bonchev–Trinajstić information content (AvgIpc) is 3.02. The van der Waals surface area contributed by atoms with E-state index in [9.17, 15) is 0 Å². The Morgan fingerprint density at radius 2 is 1.07 bits per heavy atom. The molecule has 192 valence electrons. The minimum Gasteiger partial charge on any atom is -0.310 e. The normalized spacial score (nSPS) is 11.4. The molecule has 6 aromatic rings. The Labute approximate surface area is 237 Å². The van der Waals surface area contributed by atoms with Crippen LogP contribution in [0.2, 0.25) is 0 Å². The quantitative estimate of drug-likeness (QED) is 0.192. The van der Waals surface area contributed by atoms with E-state index < -0.39 is 0 Å². The molecule has 1 heteroatoms. The standard InChI is InChI=1S/C39H31N/c1-3-10-29(2)34-15-9-16-39(28-34)40(37-23-19-32(20-24-37)30-11-5-4-6-12-30)38-25-21-33(22-26-38)36-18-17-31-13-7-8-14-35(31)27-36/h3-28H,1H2,2H3/b29-10+. The molecule has 6 aromatic carbocycles. The van der Waals surface area contributed by atoms with E-state index in [1.165, 1.54) is 44.2 Å². The minimum atomic E-state index is 1.11. The van der Waals surface area contributed by atoms with Crippen LogP contribution < -0.4 is 4.90 Å². The molecule has 0 aliphatic carbocycles. The molecular weight excluding hydrogens is 482 g/mol. The summed E-state index contributed by atoms with van der Waals surface area (Å²) in [7, 11) is 0. The van der Waals surface area contributed by atoms with E-state index in [1.807, 2.05) is 6.08 Å². The van der Waals surface area contributed by atoms with Crippen LogP contribution in [0, 0.1) is 0 Å². The van der Waals surface area contributed by atoms with E-state index in [-0.39, 0.29) is 0 Å². The monoisotopic (exact) mass is 513 g/mol. The Hall–Kier alpha value is -5.14. The van der Waals surface area contributed by atoms with Crippen molar-refractivity contribution in [1.82, 2.24) is 0 Å². The number of anilines is 3. The third-order valence-electron chi connectivity index (χ3n) is 7.37. The van der Waals surface area contributed by atoms with Crippen molar-refractivity contribution in [2.45, 2.75) is 6.92 Å². The first kappa shape index (κ1) is 25.2. The van der Waals surface area contributed by atoms with Crippen molar-refractivity contribution in [3.8, 4) is 22.3 Å². The molecule has 0 atom stereocenters. The van der Waals surface area contributed by atoms with E-state index in [1.54, 1.807) is 0 Å². The van der Waals surface area contributed by atoms with Gasteiger partial charge in [-0.2, -0.15) is 0 Å². The fourth-order valence-electron chi connectivity index (χ4n) is 5.22. The van der Waals surface area contributed by atoms with Crippen molar-refractivity contribution >= 4 is 33.4 Å². The second-order valence-corrected chi connectivity index (χ2v) is 9.99. The summed E-state index contributed by atoms with van der Waals surface area (Å²) in [6.07, 6.45) is 3.89. The lowest BCUT2D eigenvalue weighted by Crippen LogP contribution is -2.10. The van der Waals surface area contributed by atoms with E-state index >= 15 is 0 Å². The molecule has 0 amide bonds. The molecule has 0 N–H and O–H groups in total. The van der Waals surface area contributed by atoms with Gasteiger partial charge in [0.25, 0.3) is 0 Å². The fourth-order valence-corrected chi connectivity index (χ4v) is 5.22. The molecule has 0 saturated carbocycles. The highest BCUT2D eigenvalue weighted by atomic mass is 15.1. The second kappa shape index (κ2) is 11.3. The van der Waals surface area contributed by atoms with Gasteiger partial charge < -0.3 is 4.90 Å². The van der Waals surface area contributed by atoms with E-state index in [0.29, 0.717) is 0 Å². The molecule has 0 heterocycles. The molecule has 0 spiro atoms. The van der Waals surface area contributed by atoms with Crippen molar-refractivity contribution in [1.29, 1.82) is 0 Å². The van der Waals surface area contributed by atoms with Gasteiger partial charge in [0.15, 0.2) is 0 Å². The summed E-state index contributed by atoms with van der Waals surface area (Å²) < 4.78 is 0. The third-order valence-corrected chi connectivity index (χ3v) is 7.37. The fraction of sp³-hybridized carbons (Fsp3) is 0.0256. The van der Waals surface area contributed by atoms with Crippen LogP contribution in [0.3, 0.4) is 0 Å². The van der Waals surface area contributed by atoms with Gasteiger partial charge in [-0.3, -0.25) is 0 Å². The number of nitrogens with zero attached hydrogens (tertiary/aromatic N) is 1. The smallest absolute Gasteiger partial charge is 0.0467 e. The summed E-state index contributed by atoms with van der Waals surface area (Å²) in [4.78, 5) is 2.32. The number of fused-ring (bicyclic) bond motifs is 1. The van der Waals surface area contributed by atoms with Crippen LogP contribution in [-0.2, 0) is 0 Å². The van der Waals surface area contributed by atoms with Gasteiger partial charge in [-0.15, -0.1) is 0 Å². The lowest BCUT2D eigenvalue weighted by molar-refractivity contribution is 1.28. The number of hydrogen-bond donors (Lipinski definition) is 0. The van der Waals surface area contributed by atoms with E-state index in [0.717, 1.165) is 17.1 Å². The van der Waals surface area contributed by atoms with Gasteiger partial charge in [-0.25, -0.2) is 0 Å². The van der Waals surface area contributed by atoms with Crippen molar-refractivity contribution in [2.75, 3.05) is 4.90 Å². The van der Waals surface area contributed by atoms with Crippen LogP contribution in [0.1, 0.15) is 12.5 Å². The van der Waals surface area contributed by atoms with Gasteiger partial charge in [0.2, 0.25) is 0 Å². The third kappa shape index (κ3) is 5.23. The average molecular weight is 514 g/mol. The molecule has 6 rings (SSSR count). The van der Waals surface area contributed by atoms with Crippen molar-refractivity contribution < 1.29 is 0 Å². The van der Waals surface area contributed by atoms with Gasteiger partial charge in [0, 0.05) is 17.1 Å². The maximum atomic E-state index is 3.88. The first-order chi connectivity index (χ1) is 19.7. The van der Waals surface area contributed by atoms with Gasteiger partial charge >= 0.3 is 0 Å². The zero-order valence-electron chi connectivity index (χ0n) is 22.7. The molecule has 40 heavy (non-hydrogen) atoms. The lowest BCUT2D eigenvalue weighted by atomic mass is 10.0. The van der Waals surface area contributed by atoms with Crippen LogP contribution in [-0.4, -0.2) is 0 Å². The summed E-state index contributed by atoms with van der Waals surface area (Å²) >= 11 is 0. The molecule has 0 saturated heterocycles. The molecule has 0 fully saturated rings. The molecule has 0 aliphatic rings. The summed E-state index contributed by atoms with van der Waals surface area (Å²) in [5.74, 6) is 0. The molecule has 0 unspecified atom stereocenters. The number of hydrogen-bond acceptors (Lipinski definition) is 1. The SMILES string of the molecule is C=C/C=C(\C)c1cccc(N(c2ccc(-c3ccccc3)cc2)c2ccc(-c3ccc4ccccc4c3)cc2)c1. The number of allylic oxidation sites excluding steroid dienone is 3. The van der Waals surface area contributed by atoms with Crippen LogP contribution in [0.15, 0.2) is 164 Å². The summed E-state index contributed by atoms with van der Waals surface area (Å²) in [5.41, 5.74) is 10.5. The molecule has 0 bridgehead atoms. The van der Waals surface area contributed by atoms with E-state index in [2.05, 4.69) is 170 Å². The minimum absolute atomic E-state index is 1.11. The zero-order chi connectivity index (χ0) is 27.3. The van der Waals surface area contributed by atoms with Crippen molar-refractivity contribution in [3.63, 3.8) is 0 Å². The van der Waals surface area contributed by atoms with Crippen LogP contribution in [0.25, 0.3) is 38.6 Å². The van der Waals surface area contributed by atoms with E-state index in [4.69, 9.17) is 0 Å². The molecule has 0 aliphatic heterocycles. The van der Waals surface area contributed by atoms with Gasteiger partial charge in [0.05, 0.1) is 0 Å². The zero-order valence-corrected chi connectivity index (χ0v) is 22.7. The van der Waals surface area contributed by atoms with Crippen LogP contribution >= 0.6 is 0 Å². The topological polar surface area (TPSA) is 3.24 Å². The van der Waals surface area contributed by atoms with Gasteiger partial charge in [0.1, 0.15) is 0 Å². The highest BCUT2D eigenvalue weighted by Crippen LogP contribution is 2.38. The maximum absolute atomic E-state index is 3.88. The number of benzene rings is 6. The van der Waals surface area contributed by atoms with Gasteiger partial charge in [-0.1, -0.05) is 122 Å². The van der Waals surface area contributed by atoms with Gasteiger partial charge in [-0.05, 0) is 93.6 Å². The largest absolute Gasteiger partial charge is 0.310 e. The molecule has 0 radical (unpaired) electrons. The van der Waals surface area contributed by atoms with Crippen molar-refractivity contribution in [3.05, 3.63) is 170 Å². The predicted octanol–water partition coefficient (Wildman–Crippen LogP) is 11.2. The molecule has 1 nitrogen and oxygen atoms in total. The Morgan fingerprint density at radius 3 is 1.75 bits per heavy atom. The van der Waals surface area contributed by atoms with Crippen LogP contribution in [0.4, 0.5) is 17.1 Å². The number of rotatable bonds is 7. The summed E-state index contributed by atoms with van der Waals surface area (Å²) in [6.45, 7) is 6.00. The summed E-state index contributed by atoms with van der Waals surface area (Å²) in [5, 5.41) is 2.51. The Bertz CT molecular complexity index is 1790. The summed E-state index contributed by atoms with van der Waals surface area (Å²) in [6, 6.07) is 52.1. The first-order valence-electron chi connectivity index (χ1n) is 13.6. The maximum Gasteiger partial charge on any atom is 0.0467 e. The Kier molecular flexibility index (Phi) is 7.11. The Balaban J connectivity index is 1.41. The molecular formula is C39H31N. The lowest BCUT2D eigenvalue weighted by Gasteiger charge is -2.26.